The Morgan fingerprint density at radius 3 is 2.50 bits per heavy atom. The molecule has 0 aliphatic carbocycles. The zero-order valence-electron chi connectivity index (χ0n) is 15.3. The van der Waals surface area contributed by atoms with Crippen LogP contribution in [0.2, 0.25) is 0 Å². The molecule has 0 radical (unpaired) electrons. The Labute approximate surface area is 154 Å². The number of nitrogens with one attached hydrogen (secondary N) is 2. The summed E-state index contributed by atoms with van der Waals surface area (Å²) >= 11 is 0. The normalized spacial score (nSPS) is 15.0. The third-order valence-corrected chi connectivity index (χ3v) is 4.50. The number of ether oxygens (including phenoxy) is 2. The SMILES string of the molecule is CC(CCc1ccccc1)NC(=O)NC(C)c1ccc2c(c1)OCCO2. The summed E-state index contributed by atoms with van der Waals surface area (Å²) in [5, 5.41) is 5.99. The largest absolute Gasteiger partial charge is 0.486 e. The van der Waals surface area contributed by atoms with Crippen LogP contribution in [0.1, 0.15) is 37.4 Å². The molecular formula is C21H26N2O3. The molecule has 0 aromatic heterocycles. The molecule has 0 spiro atoms. The van der Waals surface area contributed by atoms with E-state index >= 15 is 0 Å². The second-order valence-corrected chi connectivity index (χ2v) is 6.67. The van der Waals surface area contributed by atoms with Gasteiger partial charge in [0.05, 0.1) is 6.04 Å². The Balaban J connectivity index is 1.48. The van der Waals surface area contributed by atoms with Gasteiger partial charge in [0.25, 0.3) is 0 Å². The van der Waals surface area contributed by atoms with Crippen molar-refractivity contribution in [1.82, 2.24) is 10.6 Å². The lowest BCUT2D eigenvalue weighted by atomic mass is 10.1. The predicted molar refractivity (Wildman–Crippen MR) is 102 cm³/mol. The molecule has 2 N–H and O–H groups in total. The van der Waals surface area contributed by atoms with Gasteiger partial charge in [0.15, 0.2) is 11.5 Å². The van der Waals surface area contributed by atoms with Crippen LogP contribution in [0.25, 0.3) is 0 Å². The van der Waals surface area contributed by atoms with E-state index in [-0.39, 0.29) is 18.1 Å². The van der Waals surface area contributed by atoms with Gasteiger partial charge < -0.3 is 20.1 Å². The van der Waals surface area contributed by atoms with E-state index in [2.05, 4.69) is 22.8 Å². The summed E-state index contributed by atoms with van der Waals surface area (Å²) in [6, 6.07) is 15.9. The smallest absolute Gasteiger partial charge is 0.315 e. The summed E-state index contributed by atoms with van der Waals surface area (Å²) < 4.78 is 11.1. The van der Waals surface area contributed by atoms with Gasteiger partial charge in [-0.05, 0) is 49.9 Å². The van der Waals surface area contributed by atoms with Crippen molar-refractivity contribution in [1.29, 1.82) is 0 Å². The lowest BCUT2D eigenvalue weighted by Crippen LogP contribution is -2.41. The molecule has 0 saturated heterocycles. The summed E-state index contributed by atoms with van der Waals surface area (Å²) in [4.78, 5) is 12.3. The molecule has 138 valence electrons. The standard InChI is InChI=1S/C21H26N2O3/c1-15(8-9-17-6-4-3-5-7-17)22-21(24)23-16(2)18-10-11-19-20(14-18)26-13-12-25-19/h3-7,10-11,14-16H,8-9,12-13H2,1-2H3,(H2,22,23,24). The van der Waals surface area contributed by atoms with E-state index in [1.165, 1.54) is 5.56 Å². The quantitative estimate of drug-likeness (QED) is 0.829. The Morgan fingerprint density at radius 1 is 1.00 bits per heavy atom. The first kappa shape index (κ1) is 18.1. The average Bonchev–Trinajstić information content (AvgIpc) is 2.66. The van der Waals surface area contributed by atoms with Gasteiger partial charge >= 0.3 is 6.03 Å². The molecule has 5 heteroatoms. The fourth-order valence-electron chi connectivity index (χ4n) is 2.97. The van der Waals surface area contributed by atoms with Crippen LogP contribution in [0.15, 0.2) is 48.5 Å². The molecule has 5 nitrogen and oxygen atoms in total. The Hall–Kier alpha value is -2.69. The maximum Gasteiger partial charge on any atom is 0.315 e. The van der Waals surface area contributed by atoms with Crippen LogP contribution < -0.4 is 20.1 Å². The fraction of sp³-hybridized carbons (Fsp3) is 0.381. The molecule has 0 bridgehead atoms. The van der Waals surface area contributed by atoms with Crippen molar-refractivity contribution >= 4 is 6.03 Å². The average molecular weight is 354 g/mol. The summed E-state index contributed by atoms with van der Waals surface area (Å²) in [5.41, 5.74) is 2.27. The molecule has 0 fully saturated rings. The lowest BCUT2D eigenvalue weighted by molar-refractivity contribution is 0.171. The molecule has 3 rings (SSSR count). The summed E-state index contributed by atoms with van der Waals surface area (Å²) in [6.07, 6.45) is 1.84. The van der Waals surface area contributed by atoms with Gasteiger partial charge in [-0.25, -0.2) is 4.79 Å². The van der Waals surface area contributed by atoms with E-state index in [0.717, 1.165) is 29.9 Å². The number of hydrogen-bond donors (Lipinski definition) is 2. The van der Waals surface area contributed by atoms with E-state index in [1.54, 1.807) is 0 Å². The number of hydrogen-bond acceptors (Lipinski definition) is 3. The van der Waals surface area contributed by atoms with Crippen molar-refractivity contribution in [2.24, 2.45) is 0 Å². The van der Waals surface area contributed by atoms with E-state index in [4.69, 9.17) is 9.47 Å². The molecule has 2 aromatic rings. The third-order valence-electron chi connectivity index (χ3n) is 4.50. The van der Waals surface area contributed by atoms with Crippen molar-refractivity contribution in [2.45, 2.75) is 38.8 Å². The molecule has 2 unspecified atom stereocenters. The van der Waals surface area contributed by atoms with Gasteiger partial charge in [-0.2, -0.15) is 0 Å². The van der Waals surface area contributed by atoms with E-state index in [9.17, 15) is 4.79 Å². The van der Waals surface area contributed by atoms with Crippen molar-refractivity contribution in [3.63, 3.8) is 0 Å². The second-order valence-electron chi connectivity index (χ2n) is 6.67. The van der Waals surface area contributed by atoms with E-state index < -0.39 is 0 Å². The molecule has 2 atom stereocenters. The highest BCUT2D eigenvalue weighted by Crippen LogP contribution is 2.32. The Kier molecular flexibility index (Phi) is 6.00. The van der Waals surface area contributed by atoms with Gasteiger partial charge in [-0.15, -0.1) is 0 Å². The van der Waals surface area contributed by atoms with Crippen molar-refractivity contribution in [3.8, 4) is 11.5 Å². The first-order valence-electron chi connectivity index (χ1n) is 9.12. The van der Waals surface area contributed by atoms with Crippen LogP contribution in [-0.2, 0) is 6.42 Å². The molecule has 1 aliphatic heterocycles. The van der Waals surface area contributed by atoms with E-state index in [0.29, 0.717) is 13.2 Å². The van der Waals surface area contributed by atoms with Crippen LogP contribution in [0, 0.1) is 0 Å². The van der Waals surface area contributed by atoms with Gasteiger partial charge in [-0.3, -0.25) is 0 Å². The fourth-order valence-corrected chi connectivity index (χ4v) is 2.97. The number of rotatable bonds is 6. The van der Waals surface area contributed by atoms with Crippen molar-refractivity contribution in [3.05, 3.63) is 59.7 Å². The van der Waals surface area contributed by atoms with Gasteiger partial charge in [0.2, 0.25) is 0 Å². The van der Waals surface area contributed by atoms with Crippen LogP contribution in [0.5, 0.6) is 11.5 Å². The Bertz CT molecular complexity index is 733. The third kappa shape index (κ3) is 4.91. The van der Waals surface area contributed by atoms with Crippen molar-refractivity contribution in [2.75, 3.05) is 13.2 Å². The van der Waals surface area contributed by atoms with Crippen LogP contribution in [-0.4, -0.2) is 25.3 Å². The highest BCUT2D eigenvalue weighted by atomic mass is 16.6. The number of benzene rings is 2. The summed E-state index contributed by atoms with van der Waals surface area (Å²) in [5.74, 6) is 1.49. The minimum absolute atomic E-state index is 0.0997. The Morgan fingerprint density at radius 2 is 1.73 bits per heavy atom. The topological polar surface area (TPSA) is 59.6 Å². The molecule has 1 aliphatic rings. The lowest BCUT2D eigenvalue weighted by Gasteiger charge is -2.22. The van der Waals surface area contributed by atoms with Gasteiger partial charge in [-0.1, -0.05) is 36.4 Å². The molecule has 2 amide bonds. The van der Waals surface area contributed by atoms with Crippen LogP contribution in [0.4, 0.5) is 4.79 Å². The number of carbonyl (C=O) groups excluding carboxylic acids is 1. The first-order valence-corrected chi connectivity index (χ1v) is 9.12. The van der Waals surface area contributed by atoms with Gasteiger partial charge in [0, 0.05) is 6.04 Å². The molecule has 1 heterocycles. The second kappa shape index (κ2) is 8.61. The molecule has 26 heavy (non-hydrogen) atoms. The number of urea groups is 1. The summed E-state index contributed by atoms with van der Waals surface area (Å²) in [7, 11) is 0. The van der Waals surface area contributed by atoms with Crippen LogP contribution >= 0.6 is 0 Å². The number of aryl methyl sites for hydroxylation is 1. The highest BCUT2D eigenvalue weighted by Gasteiger charge is 2.16. The maximum absolute atomic E-state index is 12.3. The van der Waals surface area contributed by atoms with Crippen LogP contribution in [0.3, 0.4) is 0 Å². The zero-order valence-corrected chi connectivity index (χ0v) is 15.3. The molecule has 2 aromatic carbocycles. The molecular weight excluding hydrogens is 328 g/mol. The first-order chi connectivity index (χ1) is 12.6. The zero-order chi connectivity index (χ0) is 18.4. The minimum Gasteiger partial charge on any atom is -0.486 e. The molecule has 0 saturated carbocycles. The van der Waals surface area contributed by atoms with Gasteiger partial charge in [0.1, 0.15) is 13.2 Å². The van der Waals surface area contributed by atoms with E-state index in [1.807, 2.05) is 50.2 Å². The number of fused-ring (bicyclic) bond motifs is 1. The number of carbonyl (C=O) groups is 1. The summed E-state index contributed by atoms with van der Waals surface area (Å²) in [6.45, 7) is 5.11. The number of amides is 2. The highest BCUT2D eigenvalue weighted by molar-refractivity contribution is 5.74. The predicted octanol–water partition coefficient (Wildman–Crippen LogP) is 3.84. The minimum atomic E-state index is -0.159. The monoisotopic (exact) mass is 354 g/mol. The maximum atomic E-state index is 12.3. The van der Waals surface area contributed by atoms with Crippen molar-refractivity contribution < 1.29 is 14.3 Å².